The minimum atomic E-state index is 0.0990. The molecule has 0 bridgehead atoms. The summed E-state index contributed by atoms with van der Waals surface area (Å²) in [5, 5.41) is 2.97. The van der Waals surface area contributed by atoms with Gasteiger partial charge in [-0.15, -0.1) is 0 Å². The second-order valence-corrected chi connectivity index (χ2v) is 4.47. The largest absolute Gasteiger partial charge is 0.491 e. The molecule has 1 aromatic rings. The van der Waals surface area contributed by atoms with Crippen LogP contribution >= 0.6 is 0 Å². The number of ether oxygens (including phenoxy) is 1. The molecule has 0 spiro atoms. The van der Waals surface area contributed by atoms with Gasteiger partial charge in [0.1, 0.15) is 5.75 Å². The molecule has 1 aromatic carbocycles. The van der Waals surface area contributed by atoms with Gasteiger partial charge in [0.25, 0.3) is 0 Å². The molecule has 0 aliphatic heterocycles. The number of carbonyl (C=O) groups excluding carboxylic acids is 1. The number of nitrogens with one attached hydrogen (secondary N) is 1. The van der Waals surface area contributed by atoms with Crippen molar-refractivity contribution in [2.24, 2.45) is 0 Å². The van der Waals surface area contributed by atoms with Crippen molar-refractivity contribution in [2.75, 3.05) is 25.5 Å². The Balaban J connectivity index is 2.63. The van der Waals surface area contributed by atoms with E-state index >= 15 is 0 Å². The zero-order chi connectivity index (χ0) is 13.5. The Labute approximate surface area is 109 Å². The van der Waals surface area contributed by atoms with E-state index in [9.17, 15) is 4.79 Å². The van der Waals surface area contributed by atoms with Crippen LogP contribution in [0.3, 0.4) is 0 Å². The van der Waals surface area contributed by atoms with Crippen molar-refractivity contribution < 1.29 is 9.53 Å². The fourth-order valence-corrected chi connectivity index (χ4v) is 1.56. The summed E-state index contributed by atoms with van der Waals surface area (Å²) < 4.78 is 5.56. The van der Waals surface area contributed by atoms with Crippen LogP contribution in [0.4, 0.5) is 5.69 Å². The normalized spacial score (nSPS) is 10.5. The van der Waals surface area contributed by atoms with Gasteiger partial charge in [-0.3, -0.25) is 4.79 Å². The van der Waals surface area contributed by atoms with E-state index in [1.807, 2.05) is 45.2 Å². The van der Waals surface area contributed by atoms with E-state index in [4.69, 9.17) is 4.74 Å². The number of amides is 1. The van der Waals surface area contributed by atoms with Gasteiger partial charge < -0.3 is 15.0 Å². The maximum Gasteiger partial charge on any atom is 0.227 e. The predicted octanol–water partition coefficient (Wildman–Crippen LogP) is 2.05. The highest BCUT2D eigenvalue weighted by Crippen LogP contribution is 2.19. The van der Waals surface area contributed by atoms with E-state index in [0.29, 0.717) is 13.0 Å². The molecule has 0 atom stereocenters. The Morgan fingerprint density at radius 3 is 2.44 bits per heavy atom. The molecule has 0 aliphatic carbocycles. The number of rotatable bonds is 6. The Kier molecular flexibility index (Phi) is 5.65. The number of nitrogens with zero attached hydrogens (tertiary/aromatic N) is 1. The first-order chi connectivity index (χ1) is 8.54. The van der Waals surface area contributed by atoms with Gasteiger partial charge in [0, 0.05) is 25.7 Å². The zero-order valence-electron chi connectivity index (χ0n) is 11.6. The van der Waals surface area contributed by atoms with Gasteiger partial charge in [-0.25, -0.2) is 0 Å². The Bertz CT molecular complexity index is 374. The van der Waals surface area contributed by atoms with Crippen LogP contribution in [-0.2, 0) is 4.79 Å². The third-order valence-electron chi connectivity index (χ3n) is 2.56. The van der Waals surface area contributed by atoms with Crippen molar-refractivity contribution in [3.8, 4) is 5.75 Å². The summed E-state index contributed by atoms with van der Waals surface area (Å²) in [6, 6.07) is 7.57. The van der Waals surface area contributed by atoms with E-state index in [-0.39, 0.29) is 12.0 Å². The highest BCUT2D eigenvalue weighted by atomic mass is 16.5. The van der Waals surface area contributed by atoms with E-state index in [1.54, 1.807) is 11.9 Å². The quantitative estimate of drug-likeness (QED) is 0.840. The Morgan fingerprint density at radius 2 is 1.94 bits per heavy atom. The van der Waals surface area contributed by atoms with Gasteiger partial charge >= 0.3 is 0 Å². The van der Waals surface area contributed by atoms with Crippen molar-refractivity contribution in [1.29, 1.82) is 0 Å². The first kappa shape index (κ1) is 14.5. The van der Waals surface area contributed by atoms with Crippen LogP contribution in [0, 0.1) is 0 Å². The third kappa shape index (κ3) is 4.37. The van der Waals surface area contributed by atoms with E-state index in [2.05, 4.69) is 5.32 Å². The van der Waals surface area contributed by atoms with Gasteiger partial charge in [-0.2, -0.15) is 0 Å². The monoisotopic (exact) mass is 250 g/mol. The molecular weight excluding hydrogens is 228 g/mol. The van der Waals surface area contributed by atoms with Crippen molar-refractivity contribution in [3.63, 3.8) is 0 Å². The third-order valence-corrected chi connectivity index (χ3v) is 2.56. The molecule has 18 heavy (non-hydrogen) atoms. The van der Waals surface area contributed by atoms with Crippen LogP contribution in [0.2, 0.25) is 0 Å². The first-order valence-corrected chi connectivity index (χ1v) is 6.22. The summed E-state index contributed by atoms with van der Waals surface area (Å²) in [4.78, 5) is 13.5. The molecule has 1 N–H and O–H groups in total. The molecule has 0 aliphatic rings. The van der Waals surface area contributed by atoms with E-state index in [0.717, 1.165) is 11.4 Å². The molecular formula is C14H22N2O2. The molecule has 0 fully saturated rings. The number of hydrogen-bond donors (Lipinski definition) is 1. The zero-order valence-corrected chi connectivity index (χ0v) is 11.6. The van der Waals surface area contributed by atoms with Gasteiger partial charge in [0.2, 0.25) is 5.91 Å². The number of carbonyl (C=O) groups is 1. The summed E-state index contributed by atoms with van der Waals surface area (Å²) in [6.07, 6.45) is 0.655. The molecule has 0 heterocycles. The molecule has 4 nitrogen and oxygen atoms in total. The summed E-state index contributed by atoms with van der Waals surface area (Å²) in [5.41, 5.74) is 0.882. The van der Waals surface area contributed by atoms with Gasteiger partial charge in [0.15, 0.2) is 0 Å². The molecule has 0 saturated carbocycles. The van der Waals surface area contributed by atoms with Crippen LogP contribution in [-0.4, -0.2) is 32.7 Å². The SMILES string of the molecule is CNCCC(=O)N(C)c1ccc(OC(C)C)cc1. The van der Waals surface area contributed by atoms with E-state index in [1.165, 1.54) is 0 Å². The van der Waals surface area contributed by atoms with Crippen LogP contribution in [0.5, 0.6) is 5.75 Å². The highest BCUT2D eigenvalue weighted by molar-refractivity contribution is 5.92. The molecule has 1 amide bonds. The van der Waals surface area contributed by atoms with Gasteiger partial charge in [-0.1, -0.05) is 0 Å². The smallest absolute Gasteiger partial charge is 0.227 e. The molecule has 0 saturated heterocycles. The topological polar surface area (TPSA) is 41.6 Å². The predicted molar refractivity (Wildman–Crippen MR) is 74.2 cm³/mol. The van der Waals surface area contributed by atoms with Gasteiger partial charge in [0.05, 0.1) is 6.10 Å². The molecule has 1 rings (SSSR count). The minimum Gasteiger partial charge on any atom is -0.491 e. The maximum atomic E-state index is 11.8. The first-order valence-electron chi connectivity index (χ1n) is 6.22. The maximum absolute atomic E-state index is 11.8. The van der Waals surface area contributed by atoms with Crippen molar-refractivity contribution in [1.82, 2.24) is 5.32 Å². The standard InChI is InChI=1S/C14H22N2O2/c1-11(2)18-13-7-5-12(6-8-13)16(4)14(17)9-10-15-3/h5-8,11,15H,9-10H2,1-4H3. The van der Waals surface area contributed by atoms with Gasteiger partial charge in [-0.05, 0) is 45.2 Å². The second-order valence-electron chi connectivity index (χ2n) is 4.47. The molecule has 0 unspecified atom stereocenters. The Hall–Kier alpha value is -1.55. The van der Waals surface area contributed by atoms with Crippen LogP contribution in [0.1, 0.15) is 20.3 Å². The molecule has 4 heteroatoms. The fraction of sp³-hybridized carbons (Fsp3) is 0.500. The summed E-state index contributed by atoms with van der Waals surface area (Å²) in [7, 11) is 3.63. The number of hydrogen-bond acceptors (Lipinski definition) is 3. The van der Waals surface area contributed by atoms with Crippen molar-refractivity contribution in [3.05, 3.63) is 24.3 Å². The lowest BCUT2D eigenvalue weighted by Crippen LogP contribution is -2.28. The molecule has 100 valence electrons. The van der Waals surface area contributed by atoms with Crippen LogP contribution < -0.4 is 15.0 Å². The average molecular weight is 250 g/mol. The Morgan fingerprint density at radius 1 is 1.33 bits per heavy atom. The number of anilines is 1. The average Bonchev–Trinajstić information content (AvgIpc) is 2.35. The summed E-state index contributed by atoms with van der Waals surface area (Å²) >= 11 is 0. The van der Waals surface area contributed by atoms with Crippen LogP contribution in [0.15, 0.2) is 24.3 Å². The molecule has 0 aromatic heterocycles. The minimum absolute atomic E-state index is 0.0990. The lowest BCUT2D eigenvalue weighted by molar-refractivity contribution is -0.118. The van der Waals surface area contributed by atoms with E-state index < -0.39 is 0 Å². The van der Waals surface area contributed by atoms with Crippen molar-refractivity contribution in [2.45, 2.75) is 26.4 Å². The highest BCUT2D eigenvalue weighted by Gasteiger charge is 2.10. The number of benzene rings is 1. The fourth-order valence-electron chi connectivity index (χ4n) is 1.56. The van der Waals surface area contributed by atoms with Crippen LogP contribution in [0.25, 0.3) is 0 Å². The lowest BCUT2D eigenvalue weighted by atomic mass is 10.2. The summed E-state index contributed by atoms with van der Waals surface area (Å²) in [5.74, 6) is 0.923. The van der Waals surface area contributed by atoms with Crippen molar-refractivity contribution >= 4 is 11.6 Å². The molecule has 0 radical (unpaired) electrons. The lowest BCUT2D eigenvalue weighted by Gasteiger charge is -2.18. The summed E-state index contributed by atoms with van der Waals surface area (Å²) in [6.45, 7) is 4.67. The second kappa shape index (κ2) is 7.01.